The summed E-state index contributed by atoms with van der Waals surface area (Å²) in [6.07, 6.45) is 5.54. The molecule has 5 rings (SSSR count). The number of amides is 1. The molecule has 0 unspecified atom stereocenters. The number of rotatable bonds is 5. The molecule has 0 aliphatic rings. The number of carbonyl (C=O) groups is 1. The van der Waals surface area contributed by atoms with E-state index in [4.69, 9.17) is 11.6 Å². The smallest absolute Gasteiger partial charge is 0.289 e. The Bertz CT molecular complexity index is 1510. The lowest BCUT2D eigenvalue weighted by molar-refractivity contribution is 0.0940. The van der Waals surface area contributed by atoms with Gasteiger partial charge < -0.3 is 10.3 Å². The molecule has 0 saturated carbocycles. The van der Waals surface area contributed by atoms with Gasteiger partial charge in [-0.15, -0.1) is 0 Å². The van der Waals surface area contributed by atoms with Crippen molar-refractivity contribution in [2.75, 3.05) is 0 Å². The molecule has 8 heteroatoms. The summed E-state index contributed by atoms with van der Waals surface area (Å²) in [7, 11) is 0. The fourth-order valence-corrected chi connectivity index (χ4v) is 3.97. The SMILES string of the molecule is Cc1cnc2ccc(Cc3ccnc(C(=O)NCc4cc5c(Cl)c[nH]c5cc4F)n3)cc2c1. The summed E-state index contributed by atoms with van der Waals surface area (Å²) in [4.78, 5) is 28.4. The van der Waals surface area contributed by atoms with Crippen LogP contribution in [-0.4, -0.2) is 25.8 Å². The lowest BCUT2D eigenvalue weighted by atomic mass is 10.1. The van der Waals surface area contributed by atoms with E-state index in [1.165, 1.54) is 6.07 Å². The molecule has 0 atom stereocenters. The summed E-state index contributed by atoms with van der Waals surface area (Å²) < 4.78 is 14.4. The molecule has 2 aromatic carbocycles. The van der Waals surface area contributed by atoms with Crippen molar-refractivity contribution in [3.05, 3.63) is 100 Å². The zero-order valence-corrected chi connectivity index (χ0v) is 18.4. The van der Waals surface area contributed by atoms with E-state index in [0.717, 1.165) is 22.0 Å². The fourth-order valence-electron chi connectivity index (χ4n) is 3.76. The maximum atomic E-state index is 14.4. The van der Waals surface area contributed by atoms with Crippen LogP contribution in [0.1, 0.15) is 33.0 Å². The van der Waals surface area contributed by atoms with Crippen LogP contribution in [-0.2, 0) is 13.0 Å². The predicted octanol–water partition coefficient (Wildman–Crippen LogP) is 5.13. The number of H-pyrrole nitrogens is 1. The number of benzene rings is 2. The lowest BCUT2D eigenvalue weighted by Gasteiger charge is -2.08. The van der Waals surface area contributed by atoms with Crippen LogP contribution in [0.5, 0.6) is 0 Å². The number of nitrogens with zero attached hydrogens (tertiary/aromatic N) is 3. The summed E-state index contributed by atoms with van der Waals surface area (Å²) in [5.41, 5.74) is 4.71. The topological polar surface area (TPSA) is 83.6 Å². The van der Waals surface area contributed by atoms with Gasteiger partial charge in [0, 0.05) is 59.1 Å². The van der Waals surface area contributed by atoms with Gasteiger partial charge in [-0.2, -0.15) is 0 Å². The Labute approximate surface area is 193 Å². The highest BCUT2D eigenvalue weighted by molar-refractivity contribution is 6.35. The van der Waals surface area contributed by atoms with Crippen LogP contribution in [0.25, 0.3) is 21.8 Å². The minimum Gasteiger partial charge on any atom is -0.360 e. The molecule has 1 amide bonds. The number of pyridine rings is 1. The van der Waals surface area contributed by atoms with Gasteiger partial charge in [0.15, 0.2) is 0 Å². The van der Waals surface area contributed by atoms with Crippen LogP contribution in [0, 0.1) is 12.7 Å². The van der Waals surface area contributed by atoms with Gasteiger partial charge in [0.1, 0.15) is 5.82 Å². The van der Waals surface area contributed by atoms with Crippen LogP contribution in [0.3, 0.4) is 0 Å². The van der Waals surface area contributed by atoms with Crippen molar-refractivity contribution in [3.8, 4) is 0 Å². The predicted molar refractivity (Wildman–Crippen MR) is 126 cm³/mol. The first-order chi connectivity index (χ1) is 16.0. The molecule has 164 valence electrons. The van der Waals surface area contributed by atoms with Gasteiger partial charge in [0.2, 0.25) is 5.82 Å². The first kappa shape index (κ1) is 21.0. The fraction of sp³-hybridized carbons (Fsp3) is 0.120. The number of aryl methyl sites for hydroxylation is 1. The molecule has 0 aliphatic heterocycles. The van der Waals surface area contributed by atoms with Gasteiger partial charge in [-0.1, -0.05) is 17.7 Å². The molecule has 0 fully saturated rings. The van der Waals surface area contributed by atoms with Gasteiger partial charge >= 0.3 is 0 Å². The van der Waals surface area contributed by atoms with E-state index in [1.807, 2.05) is 25.3 Å². The third-order valence-corrected chi connectivity index (χ3v) is 5.73. The maximum absolute atomic E-state index is 14.4. The first-order valence-electron chi connectivity index (χ1n) is 10.4. The number of halogens is 2. The molecule has 2 N–H and O–H groups in total. The molecule has 0 bridgehead atoms. The van der Waals surface area contributed by atoms with Crippen LogP contribution >= 0.6 is 11.6 Å². The normalized spacial score (nSPS) is 11.2. The molecule has 3 aromatic heterocycles. The summed E-state index contributed by atoms with van der Waals surface area (Å²) >= 11 is 6.11. The Morgan fingerprint density at radius 3 is 2.91 bits per heavy atom. The third kappa shape index (κ3) is 4.40. The highest BCUT2D eigenvalue weighted by Crippen LogP contribution is 2.25. The molecule has 0 spiro atoms. The number of fused-ring (bicyclic) bond motifs is 2. The highest BCUT2D eigenvalue weighted by atomic mass is 35.5. The van der Waals surface area contributed by atoms with Gasteiger partial charge in [0.05, 0.1) is 10.5 Å². The highest BCUT2D eigenvalue weighted by Gasteiger charge is 2.13. The molecule has 0 radical (unpaired) electrons. The maximum Gasteiger partial charge on any atom is 0.289 e. The summed E-state index contributed by atoms with van der Waals surface area (Å²) in [5.74, 6) is -0.876. The van der Waals surface area contributed by atoms with Crippen LogP contribution in [0.15, 0.2) is 61.1 Å². The summed E-state index contributed by atoms with van der Waals surface area (Å²) in [6.45, 7) is 2.00. The molecule has 3 heterocycles. The summed E-state index contributed by atoms with van der Waals surface area (Å²) in [6, 6.07) is 12.9. The Morgan fingerprint density at radius 1 is 1.15 bits per heavy atom. The second kappa shape index (κ2) is 8.60. The van der Waals surface area contributed by atoms with E-state index in [0.29, 0.717) is 33.6 Å². The van der Waals surface area contributed by atoms with Crippen molar-refractivity contribution in [2.24, 2.45) is 0 Å². The second-order valence-corrected chi connectivity index (χ2v) is 8.30. The van der Waals surface area contributed by atoms with Crippen molar-refractivity contribution in [1.29, 1.82) is 0 Å². The molecule has 33 heavy (non-hydrogen) atoms. The molecule has 0 aliphatic carbocycles. The zero-order valence-electron chi connectivity index (χ0n) is 17.7. The zero-order chi connectivity index (χ0) is 22.9. The number of carbonyl (C=O) groups excluding carboxylic acids is 1. The van der Waals surface area contributed by atoms with Crippen molar-refractivity contribution in [3.63, 3.8) is 0 Å². The number of nitrogens with one attached hydrogen (secondary N) is 2. The van der Waals surface area contributed by atoms with E-state index in [-0.39, 0.29) is 12.4 Å². The van der Waals surface area contributed by atoms with Crippen molar-refractivity contribution >= 4 is 39.3 Å². The number of aromatic amines is 1. The molecular formula is C25H19ClFN5O. The van der Waals surface area contributed by atoms with E-state index in [2.05, 4.69) is 37.4 Å². The molecule has 0 saturated heterocycles. The average Bonchev–Trinajstić information content (AvgIpc) is 3.16. The second-order valence-electron chi connectivity index (χ2n) is 7.90. The number of hydrogen-bond donors (Lipinski definition) is 2. The van der Waals surface area contributed by atoms with Gasteiger partial charge in [-0.05, 0) is 54.4 Å². The standard InChI is InChI=1S/C25H19ClFN5O/c1-14-6-16-7-15(2-3-22(16)29-11-14)8-18-4-5-28-24(32-18)25(33)31-12-17-9-19-20(26)13-30-23(19)10-21(17)27/h2-7,9-11,13,30H,8,12H2,1H3,(H,31,33). The quantitative estimate of drug-likeness (QED) is 0.381. The Balaban J connectivity index is 1.31. The minimum absolute atomic E-state index is 0.00721. The largest absolute Gasteiger partial charge is 0.360 e. The van der Waals surface area contributed by atoms with Gasteiger partial charge in [-0.25, -0.2) is 14.4 Å². The van der Waals surface area contributed by atoms with Crippen LogP contribution < -0.4 is 5.32 Å². The Kier molecular flexibility index (Phi) is 5.48. The van der Waals surface area contributed by atoms with Crippen LogP contribution in [0.4, 0.5) is 4.39 Å². The van der Waals surface area contributed by atoms with Crippen LogP contribution in [0.2, 0.25) is 5.02 Å². The van der Waals surface area contributed by atoms with Crippen molar-refractivity contribution in [2.45, 2.75) is 19.9 Å². The minimum atomic E-state index is -0.477. The Hall–Kier alpha value is -3.84. The third-order valence-electron chi connectivity index (χ3n) is 5.42. The summed E-state index contributed by atoms with van der Waals surface area (Å²) in [5, 5.41) is 4.93. The van der Waals surface area contributed by atoms with Gasteiger partial charge in [0.25, 0.3) is 5.91 Å². The van der Waals surface area contributed by atoms with E-state index in [9.17, 15) is 9.18 Å². The number of aromatic nitrogens is 4. The Morgan fingerprint density at radius 2 is 2.03 bits per heavy atom. The lowest BCUT2D eigenvalue weighted by Crippen LogP contribution is -2.25. The van der Waals surface area contributed by atoms with E-state index in [1.54, 1.807) is 24.5 Å². The van der Waals surface area contributed by atoms with Gasteiger partial charge in [-0.3, -0.25) is 9.78 Å². The molecule has 5 aromatic rings. The number of hydrogen-bond acceptors (Lipinski definition) is 4. The van der Waals surface area contributed by atoms with Crippen molar-refractivity contribution < 1.29 is 9.18 Å². The van der Waals surface area contributed by atoms with E-state index < -0.39 is 11.7 Å². The molecule has 6 nitrogen and oxygen atoms in total. The average molecular weight is 460 g/mol. The molecular weight excluding hydrogens is 441 g/mol. The van der Waals surface area contributed by atoms with Crippen molar-refractivity contribution in [1.82, 2.24) is 25.3 Å². The first-order valence-corrected chi connectivity index (χ1v) is 10.7. The monoisotopic (exact) mass is 459 g/mol. The van der Waals surface area contributed by atoms with E-state index >= 15 is 0 Å².